The van der Waals surface area contributed by atoms with Gasteiger partial charge in [-0.2, -0.15) is 10.4 Å². The Labute approximate surface area is 212 Å². The molecule has 0 aliphatic heterocycles. The monoisotopic (exact) mass is 494 g/mol. The largest absolute Gasteiger partial charge is 0.491 e. The van der Waals surface area contributed by atoms with Gasteiger partial charge in [0.2, 0.25) is 0 Å². The first-order valence-corrected chi connectivity index (χ1v) is 12.5. The average molecular weight is 495 g/mol. The number of aromatic nitrogens is 3. The molecule has 0 N–H and O–H groups in total. The summed E-state index contributed by atoms with van der Waals surface area (Å²) in [6.45, 7) is 2.53. The van der Waals surface area contributed by atoms with Gasteiger partial charge in [0.05, 0.1) is 28.1 Å². The van der Waals surface area contributed by atoms with Crippen molar-refractivity contribution < 1.29 is 9.13 Å². The van der Waals surface area contributed by atoms with Gasteiger partial charge >= 0.3 is 0 Å². The van der Waals surface area contributed by atoms with Crippen LogP contribution in [-0.2, 0) is 0 Å². The predicted molar refractivity (Wildman–Crippen MR) is 142 cm³/mol. The van der Waals surface area contributed by atoms with E-state index < -0.39 is 5.82 Å². The molecule has 0 atom stereocenters. The molecule has 0 saturated heterocycles. The SMILES string of the molecule is CCCCOc1ccc(-c2nn(-c3ccccc3)cc2/C=C(/C#N)c2nc3ccccc3s2)cc1F. The predicted octanol–water partition coefficient (Wildman–Crippen LogP) is 7.53. The quantitative estimate of drug-likeness (QED) is 0.165. The Kier molecular flexibility index (Phi) is 6.87. The fraction of sp³-hybridized carbons (Fsp3) is 0.138. The highest BCUT2D eigenvalue weighted by Gasteiger charge is 2.16. The molecule has 0 amide bonds. The normalized spacial score (nSPS) is 11.5. The molecule has 2 aromatic heterocycles. The molecule has 0 spiro atoms. The summed E-state index contributed by atoms with van der Waals surface area (Å²) in [6, 6.07) is 24.6. The first kappa shape index (κ1) is 23.5. The molecule has 178 valence electrons. The van der Waals surface area contributed by atoms with Gasteiger partial charge in [-0.15, -0.1) is 11.3 Å². The third-order valence-electron chi connectivity index (χ3n) is 5.67. The zero-order chi connectivity index (χ0) is 24.9. The molecule has 2 heterocycles. The molecule has 0 radical (unpaired) electrons. The average Bonchev–Trinajstić information content (AvgIpc) is 3.53. The van der Waals surface area contributed by atoms with Crippen LogP contribution in [0.25, 0.3) is 38.8 Å². The molecule has 5 nitrogen and oxygen atoms in total. The first-order valence-electron chi connectivity index (χ1n) is 11.7. The van der Waals surface area contributed by atoms with Gasteiger partial charge in [0, 0.05) is 17.3 Å². The lowest BCUT2D eigenvalue weighted by Gasteiger charge is -2.08. The van der Waals surface area contributed by atoms with Crippen molar-refractivity contribution in [3.8, 4) is 28.8 Å². The Morgan fingerprint density at radius 2 is 1.92 bits per heavy atom. The van der Waals surface area contributed by atoms with Gasteiger partial charge in [-0.3, -0.25) is 0 Å². The zero-order valence-corrected chi connectivity index (χ0v) is 20.5. The van der Waals surface area contributed by atoms with E-state index in [4.69, 9.17) is 9.84 Å². The molecule has 3 aromatic carbocycles. The fourth-order valence-corrected chi connectivity index (χ4v) is 4.74. The van der Waals surface area contributed by atoms with E-state index in [-0.39, 0.29) is 5.75 Å². The number of thiazole rings is 1. The number of para-hydroxylation sites is 2. The lowest BCUT2D eigenvalue weighted by atomic mass is 10.1. The van der Waals surface area contributed by atoms with Gasteiger partial charge in [0.1, 0.15) is 16.8 Å². The summed E-state index contributed by atoms with van der Waals surface area (Å²) in [7, 11) is 0. The minimum atomic E-state index is -0.445. The maximum Gasteiger partial charge on any atom is 0.165 e. The molecule has 0 saturated carbocycles. The molecule has 0 aliphatic carbocycles. The van der Waals surface area contributed by atoms with E-state index in [1.807, 2.05) is 60.8 Å². The topological polar surface area (TPSA) is 63.7 Å². The number of nitrogens with zero attached hydrogens (tertiary/aromatic N) is 4. The van der Waals surface area contributed by atoms with E-state index in [0.717, 1.165) is 28.7 Å². The molecule has 0 aliphatic rings. The second-order valence-electron chi connectivity index (χ2n) is 8.22. The summed E-state index contributed by atoms with van der Waals surface area (Å²) in [6.07, 6.45) is 5.45. The lowest BCUT2D eigenvalue weighted by molar-refractivity contribution is 0.294. The van der Waals surface area contributed by atoms with E-state index in [0.29, 0.717) is 34.0 Å². The number of hydrogen-bond donors (Lipinski definition) is 0. The van der Waals surface area contributed by atoms with Crippen LogP contribution < -0.4 is 4.74 Å². The van der Waals surface area contributed by atoms with Gasteiger partial charge < -0.3 is 4.74 Å². The van der Waals surface area contributed by atoms with E-state index in [9.17, 15) is 9.65 Å². The van der Waals surface area contributed by atoms with Crippen LogP contribution in [0.2, 0.25) is 0 Å². The van der Waals surface area contributed by atoms with Gasteiger partial charge in [0.25, 0.3) is 0 Å². The number of ether oxygens (including phenoxy) is 1. The third-order valence-corrected chi connectivity index (χ3v) is 6.74. The molecular weight excluding hydrogens is 471 g/mol. The van der Waals surface area contributed by atoms with Crippen molar-refractivity contribution in [2.24, 2.45) is 0 Å². The smallest absolute Gasteiger partial charge is 0.165 e. The zero-order valence-electron chi connectivity index (χ0n) is 19.7. The van der Waals surface area contributed by atoms with Crippen molar-refractivity contribution in [2.45, 2.75) is 19.8 Å². The summed E-state index contributed by atoms with van der Waals surface area (Å²) in [5, 5.41) is 15.4. The lowest BCUT2D eigenvalue weighted by Crippen LogP contribution is -1.99. The maximum absolute atomic E-state index is 14.9. The molecule has 5 rings (SSSR count). The van der Waals surface area contributed by atoms with Crippen molar-refractivity contribution in [3.05, 3.63) is 95.4 Å². The summed E-state index contributed by atoms with van der Waals surface area (Å²) < 4.78 is 23.2. The molecule has 7 heteroatoms. The van der Waals surface area contributed by atoms with E-state index >= 15 is 0 Å². The van der Waals surface area contributed by atoms with Crippen molar-refractivity contribution in [1.29, 1.82) is 5.26 Å². The van der Waals surface area contributed by atoms with Crippen molar-refractivity contribution in [1.82, 2.24) is 14.8 Å². The van der Waals surface area contributed by atoms with E-state index in [1.165, 1.54) is 17.4 Å². The molecule has 36 heavy (non-hydrogen) atoms. The van der Waals surface area contributed by atoms with E-state index in [1.54, 1.807) is 22.9 Å². The second kappa shape index (κ2) is 10.5. The Morgan fingerprint density at radius 1 is 1.11 bits per heavy atom. The van der Waals surface area contributed by atoms with Crippen LogP contribution in [0, 0.1) is 17.1 Å². The van der Waals surface area contributed by atoms with Crippen LogP contribution in [-0.4, -0.2) is 21.4 Å². The summed E-state index contributed by atoms with van der Waals surface area (Å²) in [5.74, 6) is -0.224. The number of unbranched alkanes of at least 4 members (excludes halogenated alkanes) is 1. The van der Waals surface area contributed by atoms with Crippen LogP contribution in [0.15, 0.2) is 79.0 Å². The number of hydrogen-bond acceptors (Lipinski definition) is 5. The van der Waals surface area contributed by atoms with Gasteiger partial charge in [-0.25, -0.2) is 14.1 Å². The van der Waals surface area contributed by atoms with Crippen molar-refractivity contribution in [3.63, 3.8) is 0 Å². The minimum Gasteiger partial charge on any atom is -0.491 e. The van der Waals surface area contributed by atoms with Crippen LogP contribution >= 0.6 is 11.3 Å². The molecule has 0 unspecified atom stereocenters. The highest BCUT2D eigenvalue weighted by Crippen LogP contribution is 2.32. The summed E-state index contributed by atoms with van der Waals surface area (Å²) in [4.78, 5) is 4.63. The number of rotatable bonds is 8. The number of nitriles is 1. The highest BCUT2D eigenvalue weighted by molar-refractivity contribution is 7.19. The molecule has 0 bridgehead atoms. The van der Waals surface area contributed by atoms with Crippen LogP contribution in [0.1, 0.15) is 30.3 Å². The Hall–Kier alpha value is -4.28. The van der Waals surface area contributed by atoms with Crippen molar-refractivity contribution in [2.75, 3.05) is 6.61 Å². The van der Waals surface area contributed by atoms with Crippen molar-refractivity contribution >= 4 is 33.2 Å². The molecule has 5 aromatic rings. The first-order chi connectivity index (χ1) is 17.7. The molecule has 0 fully saturated rings. The van der Waals surface area contributed by atoms with E-state index in [2.05, 4.69) is 18.0 Å². The van der Waals surface area contributed by atoms with Gasteiger partial charge in [-0.05, 0) is 55.0 Å². The molecular formula is C29H23FN4OS. The number of benzene rings is 3. The van der Waals surface area contributed by atoms with Gasteiger partial charge in [-0.1, -0.05) is 43.7 Å². The summed E-state index contributed by atoms with van der Waals surface area (Å²) in [5.41, 5.74) is 3.97. The van der Waals surface area contributed by atoms with Crippen LogP contribution in [0.3, 0.4) is 0 Å². The Balaban J connectivity index is 1.59. The minimum absolute atomic E-state index is 0.221. The second-order valence-corrected chi connectivity index (χ2v) is 9.25. The third kappa shape index (κ3) is 4.90. The Bertz CT molecular complexity index is 1550. The standard InChI is InChI=1S/C29H23FN4OS/c1-2-3-15-35-26-14-13-20(17-24(26)30)28-22(19-34(33-28)23-9-5-4-6-10-23)16-21(18-31)29-32-25-11-7-8-12-27(25)36-29/h4-14,16-17,19H,2-3,15H2,1H3/b21-16-. The number of allylic oxidation sites excluding steroid dienone is 1. The van der Waals surface area contributed by atoms with Crippen LogP contribution in [0.4, 0.5) is 4.39 Å². The van der Waals surface area contributed by atoms with Gasteiger partial charge in [0.15, 0.2) is 11.6 Å². The number of fused-ring (bicyclic) bond motifs is 1. The number of halogens is 1. The fourth-order valence-electron chi connectivity index (χ4n) is 3.81. The van der Waals surface area contributed by atoms with Crippen LogP contribution in [0.5, 0.6) is 5.75 Å². The Morgan fingerprint density at radius 3 is 2.67 bits per heavy atom. The maximum atomic E-state index is 14.9. The highest BCUT2D eigenvalue weighted by atomic mass is 32.1. The summed E-state index contributed by atoms with van der Waals surface area (Å²) >= 11 is 1.46.